The normalized spacial score (nSPS) is 12.0. The van der Waals surface area contributed by atoms with E-state index < -0.39 is 34.3 Å². The molecule has 0 aliphatic heterocycles. The van der Waals surface area contributed by atoms with E-state index in [2.05, 4.69) is 5.32 Å². The first-order chi connectivity index (χ1) is 19.6. The summed E-state index contributed by atoms with van der Waals surface area (Å²) in [6, 6.07) is 18.5. The highest BCUT2D eigenvalue weighted by Gasteiger charge is 2.34. The van der Waals surface area contributed by atoms with Gasteiger partial charge >= 0.3 is 0 Å². The second-order valence-corrected chi connectivity index (χ2v) is 11.9. The van der Waals surface area contributed by atoms with E-state index in [1.807, 2.05) is 39.8 Å². The van der Waals surface area contributed by atoms with Crippen LogP contribution in [-0.4, -0.2) is 44.3 Å². The first-order valence-electron chi connectivity index (χ1n) is 14.1. The Kier molecular flexibility index (Phi) is 11.5. The first kappa shape index (κ1) is 31.8. The summed E-state index contributed by atoms with van der Waals surface area (Å²) in [5, 5.41) is 2.90. The Labute approximate surface area is 243 Å². The molecule has 0 aliphatic carbocycles. The largest absolute Gasteiger partial charge is 0.354 e. The van der Waals surface area contributed by atoms with Crippen LogP contribution in [0, 0.1) is 12.7 Å². The van der Waals surface area contributed by atoms with E-state index in [9.17, 15) is 22.4 Å². The number of amides is 2. The minimum atomic E-state index is -4.15. The molecule has 220 valence electrons. The van der Waals surface area contributed by atoms with Crippen molar-refractivity contribution >= 4 is 27.5 Å². The lowest BCUT2D eigenvalue weighted by molar-refractivity contribution is -0.140. The minimum Gasteiger partial charge on any atom is -0.354 e. The van der Waals surface area contributed by atoms with Gasteiger partial charge in [-0.05, 0) is 67.6 Å². The zero-order valence-electron chi connectivity index (χ0n) is 24.3. The number of nitrogens with one attached hydrogen (secondary N) is 1. The summed E-state index contributed by atoms with van der Waals surface area (Å²) in [7, 11) is -4.15. The lowest BCUT2D eigenvalue weighted by Crippen LogP contribution is -2.52. The summed E-state index contributed by atoms with van der Waals surface area (Å²) in [5.74, 6) is -1.26. The fourth-order valence-electron chi connectivity index (χ4n) is 4.62. The first-order valence-corrected chi connectivity index (χ1v) is 15.5. The van der Waals surface area contributed by atoms with Crippen LogP contribution in [0.2, 0.25) is 0 Å². The predicted octanol–water partition coefficient (Wildman–Crippen LogP) is 5.62. The van der Waals surface area contributed by atoms with E-state index in [0.717, 1.165) is 28.3 Å². The third kappa shape index (κ3) is 8.16. The summed E-state index contributed by atoms with van der Waals surface area (Å²) < 4.78 is 42.9. The summed E-state index contributed by atoms with van der Waals surface area (Å²) in [6.45, 7) is 7.61. The topological polar surface area (TPSA) is 86.8 Å². The molecule has 2 amide bonds. The maximum atomic E-state index is 14.1. The fraction of sp³-hybridized carbons (Fsp3) is 0.375. The van der Waals surface area contributed by atoms with Crippen molar-refractivity contribution in [2.24, 2.45) is 0 Å². The molecule has 0 saturated carbocycles. The third-order valence-electron chi connectivity index (χ3n) is 7.01. The van der Waals surface area contributed by atoms with Crippen LogP contribution in [0.15, 0.2) is 77.7 Å². The maximum absolute atomic E-state index is 14.1. The summed E-state index contributed by atoms with van der Waals surface area (Å²) >= 11 is 0. The van der Waals surface area contributed by atoms with Gasteiger partial charge in [0.1, 0.15) is 18.4 Å². The number of para-hydroxylation sites is 1. The molecule has 3 aromatic rings. The van der Waals surface area contributed by atoms with E-state index in [4.69, 9.17) is 0 Å². The zero-order chi connectivity index (χ0) is 30.0. The van der Waals surface area contributed by atoms with Crippen molar-refractivity contribution in [2.45, 2.75) is 70.9 Å². The van der Waals surface area contributed by atoms with Crippen molar-refractivity contribution in [3.05, 3.63) is 95.3 Å². The Hall–Kier alpha value is -3.72. The molecular formula is C32H40FN3O4S. The number of benzene rings is 3. The SMILES string of the molecule is CCCCNC(=O)[C@@H](CC)N(Cc1ccc(F)cc1)C(=O)CN(c1ccccc1CC)S(=O)(=O)c1ccc(C)cc1. The number of carbonyl (C=O) groups excluding carboxylic acids is 2. The molecule has 0 heterocycles. The third-order valence-corrected chi connectivity index (χ3v) is 8.78. The van der Waals surface area contributed by atoms with Gasteiger partial charge < -0.3 is 10.2 Å². The Morgan fingerprint density at radius 2 is 1.59 bits per heavy atom. The number of rotatable bonds is 14. The van der Waals surface area contributed by atoms with Gasteiger partial charge in [-0.15, -0.1) is 0 Å². The van der Waals surface area contributed by atoms with E-state index in [1.165, 1.54) is 29.2 Å². The number of hydrogen-bond acceptors (Lipinski definition) is 4. The highest BCUT2D eigenvalue weighted by molar-refractivity contribution is 7.92. The molecule has 1 atom stereocenters. The molecule has 0 bridgehead atoms. The number of halogens is 1. The van der Waals surface area contributed by atoms with Crippen molar-refractivity contribution in [1.82, 2.24) is 10.2 Å². The van der Waals surface area contributed by atoms with Crippen molar-refractivity contribution in [3.63, 3.8) is 0 Å². The molecule has 9 heteroatoms. The number of nitrogens with zero attached hydrogens (tertiary/aromatic N) is 2. The lowest BCUT2D eigenvalue weighted by Gasteiger charge is -2.33. The number of carbonyl (C=O) groups is 2. The molecule has 7 nitrogen and oxygen atoms in total. The van der Waals surface area contributed by atoms with E-state index in [-0.39, 0.29) is 17.3 Å². The standard InChI is InChI=1S/C32H40FN3O4S/c1-5-8-21-34-32(38)29(7-3)35(22-25-15-17-27(33)18-16-25)31(37)23-36(30-12-10-9-11-26(30)6-2)41(39,40)28-19-13-24(4)14-20-28/h9-20,29H,5-8,21-23H2,1-4H3,(H,34,38)/t29-/m1/s1. The van der Waals surface area contributed by atoms with Crippen LogP contribution < -0.4 is 9.62 Å². The van der Waals surface area contributed by atoms with Crippen LogP contribution in [0.1, 0.15) is 56.7 Å². The molecule has 0 unspecified atom stereocenters. The monoisotopic (exact) mass is 581 g/mol. The Morgan fingerprint density at radius 3 is 2.20 bits per heavy atom. The number of aryl methyl sites for hydroxylation is 2. The summed E-state index contributed by atoms with van der Waals surface area (Å²) in [5.41, 5.74) is 2.71. The van der Waals surface area contributed by atoms with E-state index >= 15 is 0 Å². The van der Waals surface area contributed by atoms with Gasteiger partial charge in [0.25, 0.3) is 10.0 Å². The maximum Gasteiger partial charge on any atom is 0.264 e. The van der Waals surface area contributed by atoms with Gasteiger partial charge in [0, 0.05) is 13.1 Å². The number of sulfonamides is 1. The fourth-order valence-corrected chi connectivity index (χ4v) is 6.07. The molecule has 1 N–H and O–H groups in total. The zero-order valence-corrected chi connectivity index (χ0v) is 25.1. The van der Waals surface area contributed by atoms with Crippen LogP contribution in [0.3, 0.4) is 0 Å². The van der Waals surface area contributed by atoms with Gasteiger partial charge in [-0.2, -0.15) is 0 Å². The van der Waals surface area contributed by atoms with Crippen LogP contribution in [0.5, 0.6) is 0 Å². The number of hydrogen-bond donors (Lipinski definition) is 1. The van der Waals surface area contributed by atoms with E-state index in [0.29, 0.717) is 30.6 Å². The molecule has 3 rings (SSSR count). The van der Waals surface area contributed by atoms with Crippen LogP contribution in [0.4, 0.5) is 10.1 Å². The Morgan fingerprint density at radius 1 is 0.927 bits per heavy atom. The van der Waals surface area contributed by atoms with Gasteiger partial charge in [0.2, 0.25) is 11.8 Å². The van der Waals surface area contributed by atoms with Crippen molar-refractivity contribution < 1.29 is 22.4 Å². The molecule has 3 aromatic carbocycles. The highest BCUT2D eigenvalue weighted by Crippen LogP contribution is 2.28. The molecule has 0 radical (unpaired) electrons. The van der Waals surface area contributed by atoms with Gasteiger partial charge in [0.05, 0.1) is 10.6 Å². The lowest BCUT2D eigenvalue weighted by atomic mass is 10.1. The summed E-state index contributed by atoms with van der Waals surface area (Å²) in [6.07, 6.45) is 2.57. The molecule has 0 fully saturated rings. The van der Waals surface area contributed by atoms with Crippen LogP contribution >= 0.6 is 0 Å². The second kappa shape index (κ2) is 14.8. The van der Waals surface area contributed by atoms with E-state index in [1.54, 1.807) is 36.4 Å². The molecule has 0 aromatic heterocycles. The van der Waals surface area contributed by atoms with Crippen molar-refractivity contribution in [2.75, 3.05) is 17.4 Å². The molecule has 41 heavy (non-hydrogen) atoms. The number of anilines is 1. The van der Waals surface area contributed by atoms with Gasteiger partial charge in [-0.3, -0.25) is 13.9 Å². The molecule has 0 saturated heterocycles. The van der Waals surface area contributed by atoms with Gasteiger partial charge in [0.15, 0.2) is 0 Å². The Balaban J connectivity index is 2.06. The van der Waals surface area contributed by atoms with Gasteiger partial charge in [-0.25, -0.2) is 12.8 Å². The Bertz CT molecular complexity index is 1410. The summed E-state index contributed by atoms with van der Waals surface area (Å²) in [4.78, 5) is 28.8. The van der Waals surface area contributed by atoms with Gasteiger partial charge in [-0.1, -0.05) is 75.2 Å². The molecular weight excluding hydrogens is 541 g/mol. The van der Waals surface area contributed by atoms with Crippen molar-refractivity contribution in [1.29, 1.82) is 0 Å². The quantitative estimate of drug-likeness (QED) is 0.251. The predicted molar refractivity (Wildman–Crippen MR) is 160 cm³/mol. The average Bonchev–Trinajstić information content (AvgIpc) is 2.97. The molecule has 0 spiro atoms. The van der Waals surface area contributed by atoms with Crippen molar-refractivity contribution in [3.8, 4) is 0 Å². The smallest absolute Gasteiger partial charge is 0.264 e. The minimum absolute atomic E-state index is 0.0205. The van der Waals surface area contributed by atoms with Crippen LogP contribution in [-0.2, 0) is 32.6 Å². The second-order valence-electron chi connectivity index (χ2n) is 10.0. The molecule has 0 aliphatic rings. The highest BCUT2D eigenvalue weighted by atomic mass is 32.2. The van der Waals surface area contributed by atoms with Crippen LogP contribution in [0.25, 0.3) is 0 Å². The average molecular weight is 582 g/mol. The number of unbranched alkanes of at least 4 members (excludes halogenated alkanes) is 1.